The van der Waals surface area contributed by atoms with E-state index >= 15 is 0 Å². The minimum Gasteiger partial charge on any atom is -0.478 e. The zero-order valence-corrected chi connectivity index (χ0v) is 9.14. The van der Waals surface area contributed by atoms with Crippen molar-refractivity contribution in [3.8, 4) is 11.1 Å². The number of rotatable bonds is 2. The molecule has 0 saturated heterocycles. The highest BCUT2D eigenvalue weighted by Gasteiger charge is 2.08. The second-order valence-corrected chi connectivity index (χ2v) is 3.72. The molecule has 1 aromatic heterocycles. The van der Waals surface area contributed by atoms with Gasteiger partial charge >= 0.3 is 5.97 Å². The van der Waals surface area contributed by atoms with Crippen molar-refractivity contribution in [2.75, 3.05) is 0 Å². The number of aromatic carboxylic acids is 1. The molecule has 0 spiro atoms. The van der Waals surface area contributed by atoms with E-state index in [2.05, 4.69) is 4.98 Å². The molecule has 0 aliphatic rings. The molecular weight excluding hydrogens is 221 g/mol. The van der Waals surface area contributed by atoms with Gasteiger partial charge in [0, 0.05) is 11.9 Å². The number of hydrogen-bond acceptors (Lipinski definition) is 2. The maximum atomic E-state index is 13.3. The zero-order valence-electron chi connectivity index (χ0n) is 9.14. The molecule has 1 aromatic carbocycles. The number of carboxylic acid groups (broad SMARTS) is 1. The quantitative estimate of drug-likeness (QED) is 0.864. The van der Waals surface area contributed by atoms with Crippen LogP contribution in [0.15, 0.2) is 36.5 Å². The smallest absolute Gasteiger partial charge is 0.335 e. The van der Waals surface area contributed by atoms with Crippen LogP contribution in [-0.4, -0.2) is 16.1 Å². The molecular formula is C13H10FNO2. The molecule has 1 N–H and O–H groups in total. The third kappa shape index (κ3) is 2.47. The van der Waals surface area contributed by atoms with Gasteiger partial charge < -0.3 is 5.11 Å². The van der Waals surface area contributed by atoms with Gasteiger partial charge in [0.25, 0.3) is 0 Å². The van der Waals surface area contributed by atoms with E-state index in [0.717, 1.165) is 17.3 Å². The first-order chi connectivity index (χ1) is 8.06. The number of hydrogen-bond donors (Lipinski definition) is 1. The summed E-state index contributed by atoms with van der Waals surface area (Å²) in [6.07, 6.45) is 1.61. The molecule has 0 radical (unpaired) electrons. The summed E-state index contributed by atoms with van der Waals surface area (Å²) in [5.41, 5.74) is 2.02. The van der Waals surface area contributed by atoms with E-state index in [-0.39, 0.29) is 5.56 Å². The Bertz CT molecular complexity index is 581. The van der Waals surface area contributed by atoms with Crippen molar-refractivity contribution in [3.05, 3.63) is 53.6 Å². The molecule has 0 amide bonds. The molecule has 0 unspecified atom stereocenters. The topological polar surface area (TPSA) is 50.2 Å². The van der Waals surface area contributed by atoms with Gasteiger partial charge in [-0.05, 0) is 48.4 Å². The second-order valence-electron chi connectivity index (χ2n) is 3.72. The van der Waals surface area contributed by atoms with E-state index in [0.29, 0.717) is 5.56 Å². The van der Waals surface area contributed by atoms with Gasteiger partial charge in [-0.3, -0.25) is 4.98 Å². The molecule has 0 aliphatic carbocycles. The molecule has 3 nitrogen and oxygen atoms in total. The fraction of sp³-hybridized carbons (Fsp3) is 0.0769. The molecule has 1 heterocycles. The summed E-state index contributed by atoms with van der Waals surface area (Å²) in [5.74, 6) is -1.70. The number of pyridine rings is 1. The molecule has 2 aromatic rings. The van der Waals surface area contributed by atoms with Crippen molar-refractivity contribution in [3.63, 3.8) is 0 Å². The summed E-state index contributed by atoms with van der Waals surface area (Å²) < 4.78 is 13.3. The van der Waals surface area contributed by atoms with Crippen LogP contribution < -0.4 is 0 Å². The Hall–Kier alpha value is -2.23. The predicted octanol–water partition coefficient (Wildman–Crippen LogP) is 2.89. The highest BCUT2D eigenvalue weighted by atomic mass is 19.1. The van der Waals surface area contributed by atoms with Crippen molar-refractivity contribution >= 4 is 5.97 Å². The highest BCUT2D eigenvalue weighted by molar-refractivity contribution is 5.89. The van der Waals surface area contributed by atoms with E-state index in [1.54, 1.807) is 18.3 Å². The largest absolute Gasteiger partial charge is 0.478 e. The van der Waals surface area contributed by atoms with Crippen molar-refractivity contribution in [1.82, 2.24) is 4.98 Å². The molecule has 0 saturated carbocycles. The number of aryl methyl sites for hydroxylation is 1. The van der Waals surface area contributed by atoms with E-state index in [1.165, 1.54) is 12.1 Å². The summed E-state index contributed by atoms with van der Waals surface area (Å²) in [7, 11) is 0. The molecule has 0 bridgehead atoms. The molecule has 0 fully saturated rings. The Labute approximate surface area is 97.6 Å². The molecule has 0 aliphatic heterocycles. The van der Waals surface area contributed by atoms with Gasteiger partial charge in [-0.1, -0.05) is 0 Å². The number of carboxylic acids is 1. The molecule has 0 atom stereocenters. The number of carbonyl (C=O) groups is 1. The van der Waals surface area contributed by atoms with Crippen LogP contribution in [0.4, 0.5) is 4.39 Å². The number of nitrogens with zero attached hydrogens (tertiary/aromatic N) is 1. The Balaban J connectivity index is 2.56. The fourth-order valence-electron chi connectivity index (χ4n) is 1.60. The molecule has 17 heavy (non-hydrogen) atoms. The number of halogens is 1. The van der Waals surface area contributed by atoms with Gasteiger partial charge in [0.15, 0.2) is 0 Å². The van der Waals surface area contributed by atoms with E-state index in [4.69, 9.17) is 5.11 Å². The fourth-order valence-corrected chi connectivity index (χ4v) is 1.60. The monoisotopic (exact) mass is 231 g/mol. The lowest BCUT2D eigenvalue weighted by Crippen LogP contribution is -1.97. The van der Waals surface area contributed by atoms with Gasteiger partial charge in [-0.25, -0.2) is 9.18 Å². The maximum Gasteiger partial charge on any atom is 0.335 e. The van der Waals surface area contributed by atoms with E-state index in [1.807, 2.05) is 6.92 Å². The first-order valence-corrected chi connectivity index (χ1v) is 5.03. The van der Waals surface area contributed by atoms with Gasteiger partial charge in [0.2, 0.25) is 0 Å². The lowest BCUT2D eigenvalue weighted by molar-refractivity contribution is 0.0696. The Morgan fingerprint density at radius 1 is 1.24 bits per heavy atom. The third-order valence-corrected chi connectivity index (χ3v) is 2.37. The Kier molecular flexibility index (Phi) is 2.87. The lowest BCUT2D eigenvalue weighted by atomic mass is 10.0. The minimum atomic E-state index is -1.14. The first-order valence-electron chi connectivity index (χ1n) is 5.03. The number of aromatic nitrogens is 1. The van der Waals surface area contributed by atoms with Crippen molar-refractivity contribution < 1.29 is 14.3 Å². The summed E-state index contributed by atoms with van der Waals surface area (Å²) in [4.78, 5) is 14.9. The van der Waals surface area contributed by atoms with E-state index < -0.39 is 11.8 Å². The Morgan fingerprint density at radius 2 is 2.00 bits per heavy atom. The summed E-state index contributed by atoms with van der Waals surface area (Å²) in [5, 5.41) is 8.86. The highest BCUT2D eigenvalue weighted by Crippen LogP contribution is 2.22. The van der Waals surface area contributed by atoms with Crippen molar-refractivity contribution in [2.24, 2.45) is 0 Å². The standard InChI is InChI=1S/C13H10FNO2/c1-8-4-9(2-3-15-8)10-5-11(13(16)17)7-12(14)6-10/h2-7H,1H3,(H,16,17). The van der Waals surface area contributed by atoms with Crippen molar-refractivity contribution in [1.29, 1.82) is 0 Å². The van der Waals surface area contributed by atoms with Gasteiger partial charge in [0.1, 0.15) is 5.82 Å². The van der Waals surface area contributed by atoms with E-state index in [9.17, 15) is 9.18 Å². The minimum absolute atomic E-state index is 0.0607. The molecule has 2 rings (SSSR count). The van der Waals surface area contributed by atoms with Gasteiger partial charge in [-0.15, -0.1) is 0 Å². The van der Waals surface area contributed by atoms with Crippen LogP contribution in [-0.2, 0) is 0 Å². The Morgan fingerprint density at radius 3 is 2.65 bits per heavy atom. The van der Waals surface area contributed by atoms with Crippen LogP contribution in [0.5, 0.6) is 0 Å². The van der Waals surface area contributed by atoms with Crippen molar-refractivity contribution in [2.45, 2.75) is 6.92 Å². The number of benzene rings is 1. The average Bonchev–Trinajstić information content (AvgIpc) is 2.28. The van der Waals surface area contributed by atoms with Gasteiger partial charge in [0.05, 0.1) is 5.56 Å². The SMILES string of the molecule is Cc1cc(-c2cc(F)cc(C(=O)O)c2)ccn1. The molecule has 4 heteroatoms. The maximum absolute atomic E-state index is 13.3. The zero-order chi connectivity index (χ0) is 12.4. The summed E-state index contributed by atoms with van der Waals surface area (Å²) in [6, 6.07) is 7.25. The summed E-state index contributed by atoms with van der Waals surface area (Å²) >= 11 is 0. The third-order valence-electron chi connectivity index (χ3n) is 2.37. The lowest BCUT2D eigenvalue weighted by Gasteiger charge is -2.04. The van der Waals surface area contributed by atoms with Crippen LogP contribution in [0.2, 0.25) is 0 Å². The normalized spacial score (nSPS) is 10.2. The van der Waals surface area contributed by atoms with Crippen LogP contribution in [0, 0.1) is 12.7 Å². The van der Waals surface area contributed by atoms with Crippen LogP contribution >= 0.6 is 0 Å². The first kappa shape index (κ1) is 11.3. The molecule has 86 valence electrons. The second kappa shape index (κ2) is 4.33. The summed E-state index contributed by atoms with van der Waals surface area (Å²) in [6.45, 7) is 1.82. The average molecular weight is 231 g/mol. The van der Waals surface area contributed by atoms with Crippen LogP contribution in [0.3, 0.4) is 0 Å². The predicted molar refractivity (Wildman–Crippen MR) is 61.3 cm³/mol. The van der Waals surface area contributed by atoms with Gasteiger partial charge in [-0.2, -0.15) is 0 Å². The van der Waals surface area contributed by atoms with Crippen LogP contribution in [0.25, 0.3) is 11.1 Å². The van der Waals surface area contributed by atoms with Crippen LogP contribution in [0.1, 0.15) is 16.1 Å².